The van der Waals surface area contributed by atoms with Crippen LogP contribution in [-0.2, 0) is 11.3 Å². The highest BCUT2D eigenvalue weighted by molar-refractivity contribution is 5.79. The minimum absolute atomic E-state index is 0.00387. The van der Waals surface area contributed by atoms with Gasteiger partial charge >= 0.3 is 0 Å². The Morgan fingerprint density at radius 2 is 1.83 bits per heavy atom. The Morgan fingerprint density at radius 3 is 2.60 bits per heavy atom. The number of hydrogen-bond acceptors (Lipinski definition) is 4. The molecule has 0 saturated carbocycles. The fraction of sp³-hybridized carbons (Fsp3) is 0.391. The molecule has 30 heavy (non-hydrogen) atoms. The van der Waals surface area contributed by atoms with E-state index in [-0.39, 0.29) is 17.8 Å². The van der Waals surface area contributed by atoms with E-state index in [1.165, 1.54) is 12.1 Å². The molecular formula is C23H28FN5O. The number of fused-ring (bicyclic) bond motifs is 1. The summed E-state index contributed by atoms with van der Waals surface area (Å²) >= 11 is 0. The summed E-state index contributed by atoms with van der Waals surface area (Å²) in [5.74, 6) is -0.248. The number of carbonyl (C=O) groups is 1. The molecule has 7 heteroatoms. The van der Waals surface area contributed by atoms with Gasteiger partial charge in [-0.1, -0.05) is 30.3 Å². The number of amides is 1. The highest BCUT2D eigenvalue weighted by Gasteiger charge is 2.24. The van der Waals surface area contributed by atoms with Crippen molar-refractivity contribution in [2.24, 2.45) is 0 Å². The first-order chi connectivity index (χ1) is 14.6. The molecule has 2 aromatic carbocycles. The zero-order chi connectivity index (χ0) is 20.9. The number of para-hydroxylation sites is 1. The van der Waals surface area contributed by atoms with Crippen LogP contribution in [0.4, 0.5) is 4.39 Å². The van der Waals surface area contributed by atoms with Crippen molar-refractivity contribution in [1.82, 2.24) is 24.9 Å². The van der Waals surface area contributed by atoms with E-state index >= 15 is 0 Å². The summed E-state index contributed by atoms with van der Waals surface area (Å²) in [6.45, 7) is 4.86. The van der Waals surface area contributed by atoms with Gasteiger partial charge in [0.1, 0.15) is 5.82 Å². The fourth-order valence-corrected chi connectivity index (χ4v) is 3.99. The molecule has 3 aromatic rings. The molecule has 1 atom stereocenters. The van der Waals surface area contributed by atoms with Gasteiger partial charge in [-0.15, -0.1) is 0 Å². The molecule has 158 valence electrons. The first kappa shape index (κ1) is 20.5. The molecule has 1 amide bonds. The standard InChI is InChI=1S/C23H28FN5O/c1-27-12-14-28(15-13-27)22(18-6-8-20(24)9-7-18)17-25-23(30)10-11-29-21-5-3-2-4-19(21)16-26-29/h2-9,16,22H,10-15,17H2,1H3,(H,25,30). The first-order valence-corrected chi connectivity index (χ1v) is 10.5. The van der Waals surface area contributed by atoms with Crippen molar-refractivity contribution in [3.63, 3.8) is 0 Å². The summed E-state index contributed by atoms with van der Waals surface area (Å²) in [4.78, 5) is 17.2. The summed E-state index contributed by atoms with van der Waals surface area (Å²) in [6, 6.07) is 14.6. The number of hydrogen-bond donors (Lipinski definition) is 1. The normalized spacial score (nSPS) is 16.6. The van der Waals surface area contributed by atoms with Crippen LogP contribution in [0.1, 0.15) is 18.0 Å². The average molecular weight is 410 g/mol. The molecule has 0 aliphatic carbocycles. The van der Waals surface area contributed by atoms with Crippen LogP contribution in [0, 0.1) is 5.82 Å². The Bertz CT molecular complexity index is 979. The Kier molecular flexibility index (Phi) is 6.40. The third kappa shape index (κ3) is 4.86. The third-order valence-electron chi connectivity index (χ3n) is 5.83. The number of carbonyl (C=O) groups excluding carboxylic acids is 1. The molecule has 1 N–H and O–H groups in total. The van der Waals surface area contributed by atoms with Crippen LogP contribution in [0.3, 0.4) is 0 Å². The van der Waals surface area contributed by atoms with E-state index < -0.39 is 0 Å². The van der Waals surface area contributed by atoms with Gasteiger partial charge in [0.2, 0.25) is 5.91 Å². The van der Waals surface area contributed by atoms with Gasteiger partial charge in [0.05, 0.1) is 24.3 Å². The molecule has 0 bridgehead atoms. The number of rotatable bonds is 7. The molecule has 0 radical (unpaired) electrons. The lowest BCUT2D eigenvalue weighted by Gasteiger charge is -2.38. The zero-order valence-corrected chi connectivity index (χ0v) is 17.3. The van der Waals surface area contributed by atoms with Crippen molar-refractivity contribution < 1.29 is 9.18 Å². The van der Waals surface area contributed by atoms with Crippen molar-refractivity contribution in [3.8, 4) is 0 Å². The predicted octanol–water partition coefficient (Wildman–Crippen LogP) is 2.67. The first-order valence-electron chi connectivity index (χ1n) is 10.5. The summed E-state index contributed by atoms with van der Waals surface area (Å²) in [6.07, 6.45) is 2.19. The molecule has 0 spiro atoms. The van der Waals surface area contributed by atoms with Crippen LogP contribution in [0.25, 0.3) is 10.9 Å². The van der Waals surface area contributed by atoms with Crippen LogP contribution >= 0.6 is 0 Å². The maximum Gasteiger partial charge on any atom is 0.221 e. The SMILES string of the molecule is CN1CCN(C(CNC(=O)CCn2ncc3ccccc32)c2ccc(F)cc2)CC1. The topological polar surface area (TPSA) is 53.4 Å². The van der Waals surface area contributed by atoms with E-state index in [4.69, 9.17) is 0 Å². The van der Waals surface area contributed by atoms with E-state index in [0.717, 1.165) is 42.6 Å². The third-order valence-corrected chi connectivity index (χ3v) is 5.83. The second-order valence-electron chi connectivity index (χ2n) is 7.89. The Labute approximate surface area is 176 Å². The van der Waals surface area contributed by atoms with E-state index in [1.54, 1.807) is 0 Å². The highest BCUT2D eigenvalue weighted by Crippen LogP contribution is 2.22. The zero-order valence-electron chi connectivity index (χ0n) is 17.3. The number of halogens is 1. The smallest absolute Gasteiger partial charge is 0.221 e. The maximum atomic E-state index is 13.4. The van der Waals surface area contributed by atoms with Gasteiger partial charge in [0, 0.05) is 44.5 Å². The molecule has 1 aromatic heterocycles. The maximum absolute atomic E-state index is 13.4. The molecular weight excluding hydrogens is 381 g/mol. The van der Waals surface area contributed by atoms with Crippen molar-refractivity contribution in [2.75, 3.05) is 39.8 Å². The molecule has 1 fully saturated rings. The van der Waals surface area contributed by atoms with Gasteiger partial charge in [-0.05, 0) is 30.8 Å². The lowest BCUT2D eigenvalue weighted by molar-refractivity contribution is -0.121. The number of nitrogens with zero attached hydrogens (tertiary/aromatic N) is 4. The van der Waals surface area contributed by atoms with Gasteiger partial charge in [0.15, 0.2) is 0 Å². The van der Waals surface area contributed by atoms with Crippen molar-refractivity contribution in [3.05, 3.63) is 66.1 Å². The van der Waals surface area contributed by atoms with Gasteiger partial charge in [-0.25, -0.2) is 4.39 Å². The van der Waals surface area contributed by atoms with Crippen molar-refractivity contribution in [2.45, 2.75) is 19.0 Å². The Balaban J connectivity index is 1.37. The molecule has 4 rings (SSSR count). The molecule has 2 heterocycles. The number of aromatic nitrogens is 2. The quantitative estimate of drug-likeness (QED) is 0.652. The Hall–Kier alpha value is -2.77. The van der Waals surface area contributed by atoms with E-state index in [0.29, 0.717) is 19.5 Å². The van der Waals surface area contributed by atoms with E-state index in [1.807, 2.05) is 47.3 Å². The minimum atomic E-state index is -0.244. The lowest BCUT2D eigenvalue weighted by atomic mass is 10.0. The highest BCUT2D eigenvalue weighted by atomic mass is 19.1. The summed E-state index contributed by atoms with van der Waals surface area (Å²) < 4.78 is 15.3. The van der Waals surface area contributed by atoms with Crippen LogP contribution in [-0.4, -0.2) is 65.3 Å². The molecule has 1 unspecified atom stereocenters. The van der Waals surface area contributed by atoms with Crippen LogP contribution < -0.4 is 5.32 Å². The molecule has 6 nitrogen and oxygen atoms in total. The molecule has 1 aliphatic rings. The molecule has 1 saturated heterocycles. The number of benzene rings is 2. The van der Waals surface area contributed by atoms with E-state index in [9.17, 15) is 9.18 Å². The number of likely N-dealkylation sites (N-methyl/N-ethyl adjacent to an activating group) is 1. The number of aryl methyl sites for hydroxylation is 1. The summed E-state index contributed by atoms with van der Waals surface area (Å²) in [7, 11) is 2.12. The van der Waals surface area contributed by atoms with Gasteiger partial charge in [0.25, 0.3) is 0 Å². The predicted molar refractivity (Wildman–Crippen MR) is 116 cm³/mol. The van der Waals surface area contributed by atoms with Crippen LogP contribution in [0.2, 0.25) is 0 Å². The number of piperazine rings is 1. The van der Waals surface area contributed by atoms with Crippen LogP contribution in [0.15, 0.2) is 54.7 Å². The summed E-state index contributed by atoms with van der Waals surface area (Å²) in [5.41, 5.74) is 2.06. The summed E-state index contributed by atoms with van der Waals surface area (Å²) in [5, 5.41) is 8.55. The number of nitrogens with one attached hydrogen (secondary N) is 1. The van der Waals surface area contributed by atoms with Crippen molar-refractivity contribution >= 4 is 16.8 Å². The molecule has 1 aliphatic heterocycles. The van der Waals surface area contributed by atoms with Gasteiger partial charge in [-0.2, -0.15) is 5.10 Å². The second kappa shape index (κ2) is 9.36. The van der Waals surface area contributed by atoms with Crippen molar-refractivity contribution in [1.29, 1.82) is 0 Å². The fourth-order valence-electron chi connectivity index (χ4n) is 3.99. The second-order valence-corrected chi connectivity index (χ2v) is 7.89. The monoisotopic (exact) mass is 409 g/mol. The van der Waals surface area contributed by atoms with E-state index in [2.05, 4.69) is 27.3 Å². The Morgan fingerprint density at radius 1 is 1.10 bits per heavy atom. The van der Waals surface area contributed by atoms with Gasteiger partial charge in [-0.3, -0.25) is 14.4 Å². The van der Waals surface area contributed by atoms with Crippen LogP contribution in [0.5, 0.6) is 0 Å². The average Bonchev–Trinajstić information content (AvgIpc) is 3.18. The minimum Gasteiger partial charge on any atom is -0.354 e. The largest absolute Gasteiger partial charge is 0.354 e. The van der Waals surface area contributed by atoms with Gasteiger partial charge < -0.3 is 10.2 Å². The lowest BCUT2D eigenvalue weighted by Crippen LogP contribution is -2.48.